The first-order valence-electron chi connectivity index (χ1n) is 9.07. The molecule has 0 bridgehead atoms. The number of phenols is 2. The summed E-state index contributed by atoms with van der Waals surface area (Å²) >= 11 is 0. The number of aromatic hydroxyl groups is 2. The van der Waals surface area contributed by atoms with Gasteiger partial charge in [-0.15, -0.1) is 6.58 Å². The first-order chi connectivity index (χ1) is 13.1. The Labute approximate surface area is 162 Å². The molecule has 0 radical (unpaired) electrons. The van der Waals surface area contributed by atoms with Crippen LogP contribution in [-0.4, -0.2) is 15.8 Å². The van der Waals surface area contributed by atoms with Gasteiger partial charge in [-0.25, -0.2) is 0 Å². The summed E-state index contributed by atoms with van der Waals surface area (Å²) in [5, 5.41) is 21.6. The number of fused-ring (bicyclic) bond motifs is 4. The molecule has 3 aromatic rings. The van der Waals surface area contributed by atoms with Crippen LogP contribution in [0.4, 0.5) is 0 Å². The largest absolute Gasteiger partial charge is 0.507 e. The molecule has 0 fully saturated rings. The van der Waals surface area contributed by atoms with Crippen molar-refractivity contribution >= 4 is 28.0 Å². The van der Waals surface area contributed by atoms with E-state index in [0.29, 0.717) is 16.9 Å². The monoisotopic (exact) mass is 378 g/mol. The fourth-order valence-corrected chi connectivity index (χ4v) is 3.62. The van der Waals surface area contributed by atoms with E-state index in [1.165, 1.54) is 6.07 Å². The molecule has 144 valence electrons. The summed E-state index contributed by atoms with van der Waals surface area (Å²) in [5.41, 5.74) is -0.375. The maximum Gasteiger partial charge on any atom is 0.204 e. The summed E-state index contributed by atoms with van der Waals surface area (Å²) in [5.74, 6) is 0.116. The van der Waals surface area contributed by atoms with Crippen molar-refractivity contribution < 1.29 is 19.4 Å². The van der Waals surface area contributed by atoms with E-state index >= 15 is 0 Å². The van der Waals surface area contributed by atoms with Crippen molar-refractivity contribution in [1.29, 1.82) is 0 Å². The molecule has 0 spiro atoms. The molecule has 1 aliphatic rings. The minimum Gasteiger partial charge on any atom is -0.507 e. The van der Waals surface area contributed by atoms with Gasteiger partial charge >= 0.3 is 0 Å². The number of phenolic OH excluding ortho intramolecular Hbond substituents is 2. The van der Waals surface area contributed by atoms with Gasteiger partial charge in [0.2, 0.25) is 5.43 Å². The first-order valence-corrected chi connectivity index (χ1v) is 9.07. The third kappa shape index (κ3) is 2.43. The van der Waals surface area contributed by atoms with Crippen LogP contribution in [0.3, 0.4) is 0 Å². The van der Waals surface area contributed by atoms with Gasteiger partial charge in [-0.3, -0.25) is 4.79 Å². The number of allylic oxidation sites excluding steroid dienone is 1. The maximum absolute atomic E-state index is 13.2. The molecular formula is C23H22O5. The van der Waals surface area contributed by atoms with Gasteiger partial charge in [0.1, 0.15) is 22.5 Å². The molecule has 28 heavy (non-hydrogen) atoms. The molecular weight excluding hydrogens is 356 g/mol. The zero-order valence-corrected chi connectivity index (χ0v) is 16.3. The number of benzene rings is 2. The Balaban J connectivity index is 2.30. The number of para-hydroxylation sites is 1. The predicted octanol–water partition coefficient (Wildman–Crippen LogP) is 5.01. The zero-order valence-electron chi connectivity index (χ0n) is 16.3. The Bertz CT molecular complexity index is 1240. The summed E-state index contributed by atoms with van der Waals surface area (Å²) in [4.78, 5) is 13.2. The molecule has 5 heteroatoms. The Hall–Kier alpha value is -3.21. The molecule has 2 heterocycles. The van der Waals surface area contributed by atoms with Crippen LogP contribution < -0.4 is 10.2 Å². The van der Waals surface area contributed by atoms with Crippen molar-refractivity contribution in [3.8, 4) is 17.2 Å². The molecule has 0 saturated carbocycles. The van der Waals surface area contributed by atoms with Gasteiger partial charge in [-0.05, 0) is 38.1 Å². The molecule has 0 amide bonds. The Kier molecular flexibility index (Phi) is 3.66. The molecule has 0 atom stereocenters. The number of hydrogen-bond donors (Lipinski definition) is 2. The van der Waals surface area contributed by atoms with E-state index in [9.17, 15) is 15.0 Å². The summed E-state index contributed by atoms with van der Waals surface area (Å²) in [6, 6.07) is 4.58. The molecule has 1 aromatic heterocycles. The molecule has 4 rings (SSSR count). The SMILES string of the molecule is C=CC(C)(C)c1c2c(c3oc4c(O)cccc4c(=O)c3c1O)C=CC(C)(C)O2. The van der Waals surface area contributed by atoms with Gasteiger partial charge in [-0.2, -0.15) is 0 Å². The van der Waals surface area contributed by atoms with Crippen molar-refractivity contribution in [2.45, 2.75) is 38.7 Å². The van der Waals surface area contributed by atoms with E-state index in [0.717, 1.165) is 0 Å². The Morgan fingerprint density at radius 2 is 1.89 bits per heavy atom. The van der Waals surface area contributed by atoms with Gasteiger partial charge < -0.3 is 19.4 Å². The topological polar surface area (TPSA) is 79.9 Å². The molecule has 2 N–H and O–H groups in total. The quantitative estimate of drug-likeness (QED) is 0.484. The maximum atomic E-state index is 13.2. The third-order valence-corrected chi connectivity index (χ3v) is 5.26. The van der Waals surface area contributed by atoms with E-state index in [-0.39, 0.29) is 33.4 Å². The number of hydrogen-bond acceptors (Lipinski definition) is 5. The highest BCUT2D eigenvalue weighted by Crippen LogP contribution is 2.49. The van der Waals surface area contributed by atoms with Crippen molar-refractivity contribution in [2.24, 2.45) is 0 Å². The lowest BCUT2D eigenvalue weighted by molar-refractivity contribution is 0.155. The lowest BCUT2D eigenvalue weighted by atomic mass is 9.80. The molecule has 0 aliphatic carbocycles. The van der Waals surface area contributed by atoms with Gasteiger partial charge in [0.25, 0.3) is 0 Å². The molecule has 0 unspecified atom stereocenters. The van der Waals surface area contributed by atoms with Crippen molar-refractivity contribution in [2.75, 3.05) is 0 Å². The normalized spacial score (nSPS) is 15.4. The summed E-state index contributed by atoms with van der Waals surface area (Å²) in [6.07, 6.45) is 5.40. The van der Waals surface area contributed by atoms with Gasteiger partial charge in [-0.1, -0.05) is 26.0 Å². The molecule has 2 aromatic carbocycles. The minimum absolute atomic E-state index is 0.0646. The van der Waals surface area contributed by atoms with Crippen LogP contribution in [-0.2, 0) is 5.41 Å². The molecule has 5 nitrogen and oxygen atoms in total. The summed E-state index contributed by atoms with van der Waals surface area (Å²) < 4.78 is 12.1. The highest BCUT2D eigenvalue weighted by Gasteiger charge is 2.36. The first kappa shape index (κ1) is 18.2. The van der Waals surface area contributed by atoms with E-state index in [1.807, 2.05) is 39.8 Å². The summed E-state index contributed by atoms with van der Waals surface area (Å²) in [6.45, 7) is 11.5. The van der Waals surface area contributed by atoms with E-state index in [1.54, 1.807) is 18.2 Å². The highest BCUT2D eigenvalue weighted by atomic mass is 16.5. The van der Waals surface area contributed by atoms with E-state index < -0.39 is 16.4 Å². The second kappa shape index (κ2) is 5.64. The number of rotatable bonds is 2. The van der Waals surface area contributed by atoms with Crippen LogP contribution in [0, 0.1) is 0 Å². The molecule has 0 saturated heterocycles. The third-order valence-electron chi connectivity index (χ3n) is 5.26. The van der Waals surface area contributed by atoms with E-state index in [2.05, 4.69) is 6.58 Å². The van der Waals surface area contributed by atoms with Gasteiger partial charge in [0, 0.05) is 11.0 Å². The van der Waals surface area contributed by atoms with Gasteiger partial charge in [0.05, 0.1) is 10.9 Å². The second-order valence-corrected chi connectivity index (χ2v) is 8.22. The smallest absolute Gasteiger partial charge is 0.204 e. The number of ether oxygens (including phenoxy) is 1. The predicted molar refractivity (Wildman–Crippen MR) is 110 cm³/mol. The summed E-state index contributed by atoms with van der Waals surface area (Å²) in [7, 11) is 0. The highest BCUT2D eigenvalue weighted by molar-refractivity contribution is 6.01. The van der Waals surface area contributed by atoms with Crippen LogP contribution in [0.5, 0.6) is 17.2 Å². The Morgan fingerprint density at radius 1 is 1.18 bits per heavy atom. The van der Waals surface area contributed by atoms with Crippen LogP contribution in [0.25, 0.3) is 28.0 Å². The van der Waals surface area contributed by atoms with Crippen LogP contribution in [0.1, 0.15) is 38.8 Å². The molecule has 1 aliphatic heterocycles. The second-order valence-electron chi connectivity index (χ2n) is 8.22. The fraction of sp³-hybridized carbons (Fsp3) is 0.261. The van der Waals surface area contributed by atoms with E-state index in [4.69, 9.17) is 9.15 Å². The standard InChI is InChI=1S/C23H22O5/c1-6-22(2,3)16-18(26)15-17(25)12-8-7-9-14(24)19(12)27-20(15)13-10-11-23(4,5)28-21(13)16/h6-11,24,26H,1H2,2-5H3. The van der Waals surface area contributed by atoms with Crippen LogP contribution in [0.2, 0.25) is 0 Å². The van der Waals surface area contributed by atoms with Crippen molar-refractivity contribution in [3.05, 3.63) is 58.3 Å². The lowest BCUT2D eigenvalue weighted by Gasteiger charge is -2.34. The minimum atomic E-state index is -0.663. The lowest BCUT2D eigenvalue weighted by Crippen LogP contribution is -2.30. The van der Waals surface area contributed by atoms with Crippen LogP contribution in [0.15, 0.2) is 46.1 Å². The average Bonchev–Trinajstić information content (AvgIpc) is 2.61. The fourth-order valence-electron chi connectivity index (χ4n) is 3.62. The average molecular weight is 378 g/mol. The van der Waals surface area contributed by atoms with Gasteiger partial charge in [0.15, 0.2) is 16.9 Å². The van der Waals surface area contributed by atoms with Crippen LogP contribution >= 0.6 is 0 Å². The zero-order chi connectivity index (χ0) is 20.4. The van der Waals surface area contributed by atoms with Crippen molar-refractivity contribution in [3.63, 3.8) is 0 Å². The van der Waals surface area contributed by atoms with Crippen molar-refractivity contribution in [1.82, 2.24) is 0 Å². The Morgan fingerprint density at radius 3 is 2.57 bits per heavy atom.